The van der Waals surface area contributed by atoms with Gasteiger partial charge < -0.3 is 0 Å². The zero-order chi connectivity index (χ0) is 17.6. The Hall–Kier alpha value is -2.42. The van der Waals surface area contributed by atoms with Gasteiger partial charge in [-0.1, -0.05) is 25.2 Å². The van der Waals surface area contributed by atoms with Gasteiger partial charge in [-0.05, 0) is 31.7 Å². The fourth-order valence-corrected chi connectivity index (χ4v) is 3.89. The highest BCUT2D eigenvalue weighted by atomic mass is 32.1. The number of nitrogens with zero attached hydrogens (tertiary/aromatic N) is 8. The van der Waals surface area contributed by atoms with Gasteiger partial charge in [0.15, 0.2) is 5.82 Å². The zero-order valence-corrected chi connectivity index (χ0v) is 15.6. The molecular formula is C16H20N8S. The predicted octanol–water partition coefficient (Wildman–Crippen LogP) is 2.22. The van der Waals surface area contributed by atoms with Crippen molar-refractivity contribution in [2.75, 3.05) is 0 Å². The van der Waals surface area contributed by atoms with E-state index >= 15 is 0 Å². The van der Waals surface area contributed by atoms with Crippen LogP contribution in [0.3, 0.4) is 0 Å². The Morgan fingerprint density at radius 2 is 1.96 bits per heavy atom. The van der Waals surface area contributed by atoms with E-state index in [2.05, 4.69) is 46.0 Å². The molecule has 0 amide bonds. The third-order valence-corrected chi connectivity index (χ3v) is 5.22. The lowest BCUT2D eigenvalue weighted by Crippen LogP contribution is -2.07. The SMILES string of the molecule is Cc1nc2ncnn2c(C)c1CCc1nn2c(CC(C)C)nnc2s1. The van der Waals surface area contributed by atoms with Gasteiger partial charge in [-0.25, -0.2) is 9.50 Å². The van der Waals surface area contributed by atoms with Crippen LogP contribution < -0.4 is 0 Å². The van der Waals surface area contributed by atoms with Crippen molar-refractivity contribution >= 4 is 22.1 Å². The molecule has 0 unspecified atom stereocenters. The van der Waals surface area contributed by atoms with Crippen molar-refractivity contribution in [1.29, 1.82) is 0 Å². The summed E-state index contributed by atoms with van der Waals surface area (Å²) in [4.78, 5) is 9.56. The summed E-state index contributed by atoms with van der Waals surface area (Å²) in [5.41, 5.74) is 3.29. The second-order valence-electron chi connectivity index (χ2n) is 6.64. The summed E-state index contributed by atoms with van der Waals surface area (Å²) in [6.07, 6.45) is 4.13. The Balaban J connectivity index is 1.59. The van der Waals surface area contributed by atoms with Gasteiger partial charge in [-0.2, -0.15) is 19.7 Å². The first-order chi connectivity index (χ1) is 12.0. The summed E-state index contributed by atoms with van der Waals surface area (Å²) in [6, 6.07) is 0. The van der Waals surface area contributed by atoms with Gasteiger partial charge in [0.25, 0.3) is 5.78 Å². The Bertz CT molecular complexity index is 1040. The standard InChI is InChI=1S/C16H20N8S/c1-9(2)7-13-20-21-16-24(13)22-14(25-16)6-5-12-10(3)19-15-17-8-18-23(15)11(12)4/h8-9H,5-7H2,1-4H3. The molecule has 0 aromatic carbocycles. The monoisotopic (exact) mass is 356 g/mol. The number of fused-ring (bicyclic) bond motifs is 2. The second-order valence-corrected chi connectivity index (χ2v) is 7.68. The lowest BCUT2D eigenvalue weighted by Gasteiger charge is -2.09. The zero-order valence-electron chi connectivity index (χ0n) is 14.8. The topological polar surface area (TPSA) is 86.2 Å². The summed E-state index contributed by atoms with van der Waals surface area (Å²) in [5, 5.41) is 18.5. The number of hydrogen-bond acceptors (Lipinski definition) is 7. The van der Waals surface area contributed by atoms with Crippen LogP contribution in [0.25, 0.3) is 10.7 Å². The Labute approximate surface area is 149 Å². The summed E-state index contributed by atoms with van der Waals surface area (Å²) >= 11 is 1.60. The highest BCUT2D eigenvalue weighted by Gasteiger charge is 2.15. The molecule has 4 heterocycles. The molecule has 0 saturated carbocycles. The van der Waals surface area contributed by atoms with Crippen LogP contribution in [0.1, 0.15) is 41.6 Å². The normalized spacial score (nSPS) is 12.0. The van der Waals surface area contributed by atoms with Crippen molar-refractivity contribution in [3.63, 3.8) is 0 Å². The highest BCUT2D eigenvalue weighted by molar-refractivity contribution is 7.16. The van der Waals surface area contributed by atoms with Crippen LogP contribution in [0.15, 0.2) is 6.33 Å². The minimum Gasteiger partial charge on any atom is -0.216 e. The van der Waals surface area contributed by atoms with Gasteiger partial charge in [-0.3, -0.25) is 0 Å². The quantitative estimate of drug-likeness (QED) is 0.545. The van der Waals surface area contributed by atoms with Crippen LogP contribution in [-0.4, -0.2) is 39.4 Å². The fraction of sp³-hybridized carbons (Fsp3) is 0.500. The average molecular weight is 356 g/mol. The van der Waals surface area contributed by atoms with Crippen LogP contribution >= 0.6 is 11.3 Å². The van der Waals surface area contributed by atoms with Crippen LogP contribution in [0.4, 0.5) is 0 Å². The molecule has 0 aliphatic rings. The number of aromatic nitrogens is 8. The van der Waals surface area contributed by atoms with E-state index in [-0.39, 0.29) is 0 Å². The summed E-state index contributed by atoms with van der Waals surface area (Å²) in [5.74, 6) is 2.12. The first kappa shape index (κ1) is 16.1. The summed E-state index contributed by atoms with van der Waals surface area (Å²) < 4.78 is 3.68. The number of aryl methyl sites for hydroxylation is 3. The summed E-state index contributed by atoms with van der Waals surface area (Å²) in [6.45, 7) is 8.43. The van der Waals surface area contributed by atoms with E-state index in [1.165, 1.54) is 11.9 Å². The van der Waals surface area contributed by atoms with E-state index in [9.17, 15) is 0 Å². The van der Waals surface area contributed by atoms with E-state index < -0.39 is 0 Å². The number of rotatable bonds is 5. The molecule has 0 atom stereocenters. The lowest BCUT2D eigenvalue weighted by atomic mass is 10.1. The minimum absolute atomic E-state index is 0.531. The summed E-state index contributed by atoms with van der Waals surface area (Å²) in [7, 11) is 0. The molecule has 25 heavy (non-hydrogen) atoms. The maximum Gasteiger partial charge on any atom is 0.252 e. The van der Waals surface area contributed by atoms with Gasteiger partial charge in [-0.15, -0.1) is 10.2 Å². The van der Waals surface area contributed by atoms with Gasteiger partial charge in [0.05, 0.1) is 0 Å². The van der Waals surface area contributed by atoms with Crippen molar-refractivity contribution in [1.82, 2.24) is 39.4 Å². The predicted molar refractivity (Wildman–Crippen MR) is 94.9 cm³/mol. The van der Waals surface area contributed by atoms with Crippen molar-refractivity contribution in [3.05, 3.63) is 34.1 Å². The number of hydrogen-bond donors (Lipinski definition) is 0. The van der Waals surface area contributed by atoms with E-state index in [4.69, 9.17) is 5.10 Å². The molecule has 0 fully saturated rings. The molecule has 4 aromatic rings. The third kappa shape index (κ3) is 2.88. The fourth-order valence-electron chi connectivity index (χ4n) is 3.04. The smallest absolute Gasteiger partial charge is 0.216 e. The molecule has 4 rings (SSSR count). The van der Waals surface area contributed by atoms with Crippen LogP contribution in [0, 0.1) is 19.8 Å². The second kappa shape index (κ2) is 6.14. The molecule has 0 spiro atoms. The highest BCUT2D eigenvalue weighted by Crippen LogP contribution is 2.20. The molecule has 0 N–H and O–H groups in total. The molecule has 9 heteroatoms. The van der Waals surface area contributed by atoms with E-state index in [0.717, 1.165) is 46.4 Å². The van der Waals surface area contributed by atoms with Gasteiger partial charge >= 0.3 is 0 Å². The van der Waals surface area contributed by atoms with Gasteiger partial charge in [0.2, 0.25) is 4.96 Å². The molecule has 0 aliphatic heterocycles. The van der Waals surface area contributed by atoms with Gasteiger partial charge in [0.1, 0.15) is 11.3 Å². The van der Waals surface area contributed by atoms with Crippen molar-refractivity contribution in [2.45, 2.75) is 47.0 Å². The van der Waals surface area contributed by atoms with Crippen LogP contribution in [0.5, 0.6) is 0 Å². The molecule has 0 radical (unpaired) electrons. The maximum absolute atomic E-state index is 4.71. The first-order valence-corrected chi connectivity index (χ1v) is 9.20. The molecule has 130 valence electrons. The first-order valence-electron chi connectivity index (χ1n) is 8.38. The maximum atomic E-state index is 4.71. The van der Waals surface area contributed by atoms with E-state index in [1.54, 1.807) is 15.9 Å². The Kier molecular flexibility index (Phi) is 3.95. The molecule has 4 aromatic heterocycles. The largest absolute Gasteiger partial charge is 0.252 e. The molecule has 0 aliphatic carbocycles. The lowest BCUT2D eigenvalue weighted by molar-refractivity contribution is 0.605. The van der Waals surface area contributed by atoms with Crippen LogP contribution in [-0.2, 0) is 19.3 Å². The average Bonchev–Trinajstić information content (AvgIpc) is 3.24. The van der Waals surface area contributed by atoms with E-state index in [1.807, 2.05) is 11.4 Å². The molecule has 0 saturated heterocycles. The van der Waals surface area contributed by atoms with Gasteiger partial charge in [0, 0.05) is 24.2 Å². The van der Waals surface area contributed by atoms with E-state index in [0.29, 0.717) is 11.7 Å². The van der Waals surface area contributed by atoms with Crippen LogP contribution in [0.2, 0.25) is 0 Å². The minimum atomic E-state index is 0.531. The van der Waals surface area contributed by atoms with Crippen molar-refractivity contribution in [3.8, 4) is 0 Å². The molecular weight excluding hydrogens is 336 g/mol. The third-order valence-electron chi connectivity index (χ3n) is 4.27. The van der Waals surface area contributed by atoms with Crippen molar-refractivity contribution in [2.24, 2.45) is 5.92 Å². The Morgan fingerprint density at radius 1 is 1.12 bits per heavy atom. The van der Waals surface area contributed by atoms with Crippen molar-refractivity contribution < 1.29 is 0 Å². The molecule has 8 nitrogen and oxygen atoms in total. The Morgan fingerprint density at radius 3 is 2.76 bits per heavy atom. The molecule has 0 bridgehead atoms.